The number of unbranched alkanes of at least 4 members (excludes halogenated alkanes) is 4. The molecule has 0 aliphatic carbocycles. The molecule has 0 saturated carbocycles. The molecule has 0 spiro atoms. The molecule has 5 heteroatoms. The zero-order chi connectivity index (χ0) is 20.4. The highest BCUT2D eigenvalue weighted by Gasteiger charge is 2.22. The largest absolute Gasteiger partial charge is 0.478 e. The molecule has 0 aromatic heterocycles. The number of anilines is 1. The second-order valence-corrected chi connectivity index (χ2v) is 7.97. The van der Waals surface area contributed by atoms with E-state index in [1.165, 1.54) is 0 Å². The van der Waals surface area contributed by atoms with E-state index >= 15 is 0 Å². The van der Waals surface area contributed by atoms with Gasteiger partial charge in [0.2, 0.25) is 0 Å². The first-order valence-corrected chi connectivity index (χ1v) is 9.95. The number of esters is 1. The van der Waals surface area contributed by atoms with Crippen molar-refractivity contribution in [3.05, 3.63) is 28.8 Å². The highest BCUT2D eigenvalue weighted by Crippen LogP contribution is 2.33. The number of hydrogen-bond acceptors (Lipinski definition) is 4. The Bertz CT molecular complexity index is 632. The minimum absolute atomic E-state index is 0.0583. The van der Waals surface area contributed by atoms with E-state index in [1.54, 1.807) is 6.07 Å². The Hall–Kier alpha value is -2.04. The van der Waals surface area contributed by atoms with Crippen LogP contribution in [0.15, 0.2) is 12.1 Å². The van der Waals surface area contributed by atoms with E-state index in [-0.39, 0.29) is 11.4 Å². The molecule has 0 atom stereocenters. The van der Waals surface area contributed by atoms with Crippen molar-refractivity contribution in [1.29, 1.82) is 0 Å². The van der Waals surface area contributed by atoms with Crippen molar-refractivity contribution in [3.63, 3.8) is 0 Å². The first-order valence-electron chi connectivity index (χ1n) is 9.95. The fourth-order valence-electron chi connectivity index (χ4n) is 3.17. The summed E-state index contributed by atoms with van der Waals surface area (Å²) in [6.45, 7) is 11.4. The molecule has 0 amide bonds. The molecule has 0 saturated heterocycles. The number of hydrogen-bond donors (Lipinski definition) is 2. The second kappa shape index (κ2) is 11.0. The number of carbonyl (C=O) groups is 2. The molecule has 152 valence electrons. The van der Waals surface area contributed by atoms with Gasteiger partial charge in [-0.3, -0.25) is 4.79 Å². The van der Waals surface area contributed by atoms with Crippen LogP contribution in [0.1, 0.15) is 87.7 Å². The van der Waals surface area contributed by atoms with E-state index in [9.17, 15) is 14.7 Å². The summed E-state index contributed by atoms with van der Waals surface area (Å²) in [4.78, 5) is 22.7. The Labute approximate surface area is 163 Å². The predicted molar refractivity (Wildman–Crippen MR) is 110 cm³/mol. The summed E-state index contributed by atoms with van der Waals surface area (Å²) in [5.74, 6) is -1.000. The van der Waals surface area contributed by atoms with Crippen LogP contribution in [0.4, 0.5) is 5.69 Å². The summed E-state index contributed by atoms with van der Waals surface area (Å²) in [6.07, 6.45) is 5.58. The van der Waals surface area contributed by atoms with Gasteiger partial charge in [0.15, 0.2) is 0 Å². The number of carbonyl (C=O) groups excluding carboxylic acids is 1. The molecular formula is C22H35NO4. The first-order chi connectivity index (χ1) is 12.7. The van der Waals surface area contributed by atoms with Crippen LogP contribution < -0.4 is 5.32 Å². The van der Waals surface area contributed by atoms with Crippen molar-refractivity contribution < 1.29 is 19.4 Å². The SMILES string of the molecule is CCOC(=O)CCCCCCCNc1c(C(C)(C)C)ccc(C(=O)O)c1C. The Morgan fingerprint density at radius 3 is 2.30 bits per heavy atom. The monoisotopic (exact) mass is 377 g/mol. The van der Waals surface area contributed by atoms with Gasteiger partial charge in [-0.15, -0.1) is 0 Å². The number of benzene rings is 1. The smallest absolute Gasteiger partial charge is 0.336 e. The van der Waals surface area contributed by atoms with Gasteiger partial charge in [0, 0.05) is 18.7 Å². The van der Waals surface area contributed by atoms with Crippen molar-refractivity contribution in [2.24, 2.45) is 0 Å². The van der Waals surface area contributed by atoms with Crippen LogP contribution in [-0.2, 0) is 14.9 Å². The lowest BCUT2D eigenvalue weighted by Crippen LogP contribution is -2.18. The topological polar surface area (TPSA) is 75.6 Å². The average Bonchev–Trinajstić information content (AvgIpc) is 2.57. The van der Waals surface area contributed by atoms with Gasteiger partial charge in [0.25, 0.3) is 0 Å². The van der Waals surface area contributed by atoms with Gasteiger partial charge in [-0.2, -0.15) is 0 Å². The Kier molecular flexibility index (Phi) is 9.33. The number of carboxylic acid groups (broad SMARTS) is 1. The molecule has 0 radical (unpaired) electrons. The molecule has 5 nitrogen and oxygen atoms in total. The maximum absolute atomic E-state index is 11.4. The van der Waals surface area contributed by atoms with Crippen molar-refractivity contribution in [2.75, 3.05) is 18.5 Å². The molecule has 27 heavy (non-hydrogen) atoms. The van der Waals surface area contributed by atoms with Crippen LogP contribution in [0.5, 0.6) is 0 Å². The summed E-state index contributed by atoms with van der Waals surface area (Å²) in [5.41, 5.74) is 3.18. The highest BCUT2D eigenvalue weighted by molar-refractivity contribution is 5.91. The third-order valence-electron chi connectivity index (χ3n) is 4.67. The Balaban J connectivity index is 2.51. The molecule has 0 bridgehead atoms. The summed E-state index contributed by atoms with van der Waals surface area (Å²) in [6, 6.07) is 3.63. The van der Waals surface area contributed by atoms with Gasteiger partial charge in [-0.1, -0.05) is 46.1 Å². The number of nitrogens with one attached hydrogen (secondary N) is 1. The number of rotatable bonds is 11. The lowest BCUT2D eigenvalue weighted by Gasteiger charge is -2.26. The third kappa shape index (κ3) is 7.61. The van der Waals surface area contributed by atoms with Gasteiger partial charge < -0.3 is 15.2 Å². The lowest BCUT2D eigenvalue weighted by atomic mass is 9.83. The van der Waals surface area contributed by atoms with Gasteiger partial charge in [-0.05, 0) is 49.3 Å². The normalized spacial score (nSPS) is 11.3. The van der Waals surface area contributed by atoms with E-state index in [0.29, 0.717) is 18.6 Å². The number of aromatic carboxylic acids is 1. The fourth-order valence-corrected chi connectivity index (χ4v) is 3.17. The van der Waals surface area contributed by atoms with E-state index in [1.807, 2.05) is 19.9 Å². The molecule has 0 heterocycles. The standard InChI is InChI=1S/C22H35NO4/c1-6-27-19(24)12-10-8-7-9-11-15-23-20-16(2)17(21(25)26)13-14-18(20)22(3,4)5/h13-14,23H,6-12,15H2,1-5H3,(H,25,26). The van der Waals surface area contributed by atoms with Gasteiger partial charge in [0.1, 0.15) is 0 Å². The van der Waals surface area contributed by atoms with Crippen LogP contribution in [0.25, 0.3) is 0 Å². The quantitative estimate of drug-likeness (QED) is 0.404. The van der Waals surface area contributed by atoms with Crippen molar-refractivity contribution in [1.82, 2.24) is 0 Å². The predicted octanol–water partition coefficient (Wildman–Crippen LogP) is 5.31. The maximum Gasteiger partial charge on any atom is 0.336 e. The van der Waals surface area contributed by atoms with Gasteiger partial charge in [0.05, 0.1) is 12.2 Å². The molecule has 1 aromatic rings. The molecular weight excluding hydrogens is 342 g/mol. The Morgan fingerprint density at radius 2 is 1.70 bits per heavy atom. The minimum Gasteiger partial charge on any atom is -0.478 e. The van der Waals surface area contributed by atoms with Crippen molar-refractivity contribution in [2.45, 2.75) is 78.6 Å². The molecule has 0 aliphatic heterocycles. The summed E-state index contributed by atoms with van der Waals surface area (Å²) >= 11 is 0. The minimum atomic E-state index is -0.891. The second-order valence-electron chi connectivity index (χ2n) is 7.97. The maximum atomic E-state index is 11.4. The van der Waals surface area contributed by atoms with Crippen LogP contribution in [0.3, 0.4) is 0 Å². The van der Waals surface area contributed by atoms with Crippen LogP contribution in [0.2, 0.25) is 0 Å². The van der Waals surface area contributed by atoms with Gasteiger partial charge in [-0.25, -0.2) is 4.79 Å². The summed E-state index contributed by atoms with van der Waals surface area (Å²) < 4.78 is 4.92. The molecule has 0 fully saturated rings. The average molecular weight is 378 g/mol. The number of ether oxygens (including phenoxy) is 1. The van der Waals surface area contributed by atoms with E-state index < -0.39 is 5.97 Å². The molecule has 1 aromatic carbocycles. The van der Waals surface area contributed by atoms with E-state index in [2.05, 4.69) is 26.1 Å². The first kappa shape index (κ1) is 23.0. The van der Waals surface area contributed by atoms with Crippen LogP contribution in [-0.4, -0.2) is 30.2 Å². The number of carboxylic acids is 1. The zero-order valence-corrected chi connectivity index (χ0v) is 17.5. The summed E-state index contributed by atoms with van der Waals surface area (Å²) in [7, 11) is 0. The third-order valence-corrected chi connectivity index (χ3v) is 4.67. The van der Waals surface area contributed by atoms with Crippen molar-refractivity contribution in [3.8, 4) is 0 Å². The summed E-state index contributed by atoms with van der Waals surface area (Å²) in [5, 5.41) is 12.9. The lowest BCUT2D eigenvalue weighted by molar-refractivity contribution is -0.143. The fraction of sp³-hybridized carbons (Fsp3) is 0.636. The van der Waals surface area contributed by atoms with Crippen LogP contribution >= 0.6 is 0 Å². The highest BCUT2D eigenvalue weighted by atomic mass is 16.5. The molecule has 2 N–H and O–H groups in total. The van der Waals surface area contributed by atoms with E-state index in [4.69, 9.17) is 4.74 Å². The Morgan fingerprint density at radius 1 is 1.07 bits per heavy atom. The molecule has 0 aliphatic rings. The van der Waals surface area contributed by atoms with E-state index in [0.717, 1.165) is 55.5 Å². The molecule has 0 unspecified atom stereocenters. The van der Waals surface area contributed by atoms with Gasteiger partial charge >= 0.3 is 11.9 Å². The van der Waals surface area contributed by atoms with Crippen molar-refractivity contribution >= 4 is 17.6 Å². The molecule has 1 rings (SSSR count). The van der Waals surface area contributed by atoms with Crippen LogP contribution in [0, 0.1) is 6.92 Å². The zero-order valence-electron chi connectivity index (χ0n) is 17.5.